The standard InChI is InChI=1S/C12H11BrFNS/c13-11-8(7-15)5-6-10(12(11)14)16-9-3-1-2-4-9/h5-6,9H,1-4H2. The Balaban J connectivity index is 2.22. The van der Waals surface area contributed by atoms with Crippen molar-refractivity contribution in [1.29, 1.82) is 5.26 Å². The molecule has 0 heterocycles. The van der Waals surface area contributed by atoms with Gasteiger partial charge in [-0.2, -0.15) is 5.26 Å². The maximum absolute atomic E-state index is 13.9. The summed E-state index contributed by atoms with van der Waals surface area (Å²) < 4.78 is 14.2. The van der Waals surface area contributed by atoms with Gasteiger partial charge in [-0.05, 0) is 40.9 Å². The van der Waals surface area contributed by atoms with Gasteiger partial charge in [0.1, 0.15) is 6.07 Å². The lowest BCUT2D eigenvalue weighted by Crippen LogP contribution is -1.96. The molecule has 0 N–H and O–H groups in total. The van der Waals surface area contributed by atoms with Crippen LogP contribution >= 0.6 is 27.7 Å². The number of halogens is 2. The van der Waals surface area contributed by atoms with E-state index in [2.05, 4.69) is 15.9 Å². The maximum Gasteiger partial charge on any atom is 0.152 e. The van der Waals surface area contributed by atoms with E-state index in [-0.39, 0.29) is 10.3 Å². The zero-order valence-electron chi connectivity index (χ0n) is 8.67. The van der Waals surface area contributed by atoms with Crippen LogP contribution in [0.15, 0.2) is 21.5 Å². The SMILES string of the molecule is N#Cc1ccc(SC2CCCC2)c(F)c1Br. The summed E-state index contributed by atoms with van der Waals surface area (Å²) in [5.74, 6) is -0.295. The molecule has 0 aromatic heterocycles. The monoisotopic (exact) mass is 299 g/mol. The average Bonchev–Trinajstić information content (AvgIpc) is 2.78. The molecule has 0 saturated heterocycles. The highest BCUT2D eigenvalue weighted by Crippen LogP contribution is 2.38. The molecule has 1 aromatic carbocycles. The zero-order chi connectivity index (χ0) is 11.5. The minimum atomic E-state index is -0.295. The number of nitriles is 1. The highest BCUT2D eigenvalue weighted by Gasteiger charge is 2.19. The predicted octanol–water partition coefficient (Wildman–Crippen LogP) is 4.49. The van der Waals surface area contributed by atoms with E-state index in [0.717, 1.165) is 0 Å². The Labute approximate surface area is 107 Å². The molecule has 1 aliphatic rings. The second kappa shape index (κ2) is 5.20. The van der Waals surface area contributed by atoms with Crippen LogP contribution in [0.3, 0.4) is 0 Å². The lowest BCUT2D eigenvalue weighted by Gasteiger charge is -2.10. The Morgan fingerprint density at radius 1 is 1.38 bits per heavy atom. The summed E-state index contributed by atoms with van der Waals surface area (Å²) in [5.41, 5.74) is 0.355. The quantitative estimate of drug-likeness (QED) is 0.803. The molecule has 0 bridgehead atoms. The van der Waals surface area contributed by atoms with E-state index in [1.165, 1.54) is 25.7 Å². The molecule has 16 heavy (non-hydrogen) atoms. The van der Waals surface area contributed by atoms with Crippen molar-refractivity contribution in [3.8, 4) is 6.07 Å². The molecule has 0 spiro atoms. The Kier molecular flexibility index (Phi) is 3.88. The van der Waals surface area contributed by atoms with Gasteiger partial charge in [-0.3, -0.25) is 0 Å². The van der Waals surface area contributed by atoms with Crippen molar-refractivity contribution in [2.75, 3.05) is 0 Å². The largest absolute Gasteiger partial charge is 0.204 e. The first-order valence-electron chi connectivity index (χ1n) is 5.27. The number of hydrogen-bond donors (Lipinski definition) is 0. The molecule has 4 heteroatoms. The molecule has 0 radical (unpaired) electrons. The predicted molar refractivity (Wildman–Crippen MR) is 66.9 cm³/mol. The van der Waals surface area contributed by atoms with Gasteiger partial charge in [-0.25, -0.2) is 4.39 Å². The third kappa shape index (κ3) is 2.41. The van der Waals surface area contributed by atoms with E-state index >= 15 is 0 Å². The number of nitrogens with zero attached hydrogens (tertiary/aromatic N) is 1. The van der Waals surface area contributed by atoms with Gasteiger partial charge in [-0.15, -0.1) is 11.8 Å². The summed E-state index contributed by atoms with van der Waals surface area (Å²) in [6.07, 6.45) is 4.83. The minimum absolute atomic E-state index is 0.290. The lowest BCUT2D eigenvalue weighted by atomic mass is 10.2. The van der Waals surface area contributed by atoms with Gasteiger partial charge in [0, 0.05) is 10.1 Å². The van der Waals surface area contributed by atoms with E-state index in [9.17, 15) is 4.39 Å². The van der Waals surface area contributed by atoms with E-state index in [1.54, 1.807) is 23.9 Å². The van der Waals surface area contributed by atoms with Gasteiger partial charge in [0.25, 0.3) is 0 Å². The van der Waals surface area contributed by atoms with Crippen molar-refractivity contribution < 1.29 is 4.39 Å². The van der Waals surface area contributed by atoms with Gasteiger partial charge >= 0.3 is 0 Å². The molecular weight excluding hydrogens is 289 g/mol. The first kappa shape index (κ1) is 11.9. The summed E-state index contributed by atoms with van der Waals surface area (Å²) in [5, 5.41) is 9.30. The normalized spacial score (nSPS) is 16.3. The lowest BCUT2D eigenvalue weighted by molar-refractivity contribution is 0.594. The van der Waals surface area contributed by atoms with Gasteiger partial charge in [0.05, 0.1) is 10.0 Å². The molecule has 2 rings (SSSR count). The van der Waals surface area contributed by atoms with Crippen LogP contribution in [0.1, 0.15) is 31.2 Å². The van der Waals surface area contributed by atoms with Crippen molar-refractivity contribution in [3.05, 3.63) is 28.0 Å². The fourth-order valence-electron chi connectivity index (χ4n) is 1.89. The molecule has 0 atom stereocenters. The zero-order valence-corrected chi connectivity index (χ0v) is 11.1. The fourth-order valence-corrected chi connectivity index (χ4v) is 3.74. The van der Waals surface area contributed by atoms with Gasteiger partial charge in [0.2, 0.25) is 0 Å². The molecule has 1 nitrogen and oxygen atoms in total. The summed E-state index contributed by atoms with van der Waals surface area (Å²) in [7, 11) is 0. The van der Waals surface area contributed by atoms with Gasteiger partial charge in [-0.1, -0.05) is 12.8 Å². The highest BCUT2D eigenvalue weighted by atomic mass is 79.9. The van der Waals surface area contributed by atoms with E-state index < -0.39 is 0 Å². The van der Waals surface area contributed by atoms with Crippen LogP contribution in [0.2, 0.25) is 0 Å². The Morgan fingerprint density at radius 3 is 2.69 bits per heavy atom. The van der Waals surface area contributed by atoms with Crippen molar-refractivity contribution in [1.82, 2.24) is 0 Å². The smallest absolute Gasteiger partial charge is 0.152 e. The molecule has 84 valence electrons. The van der Waals surface area contributed by atoms with Crippen LogP contribution in [-0.4, -0.2) is 5.25 Å². The van der Waals surface area contributed by atoms with E-state index in [4.69, 9.17) is 5.26 Å². The molecule has 0 amide bonds. The van der Waals surface area contributed by atoms with Crippen molar-refractivity contribution in [2.24, 2.45) is 0 Å². The van der Waals surface area contributed by atoms with Crippen LogP contribution in [0.5, 0.6) is 0 Å². The van der Waals surface area contributed by atoms with Crippen LogP contribution < -0.4 is 0 Å². The summed E-state index contributed by atoms with van der Waals surface area (Å²) >= 11 is 4.73. The van der Waals surface area contributed by atoms with Crippen LogP contribution in [0.25, 0.3) is 0 Å². The Hall–Kier alpha value is -0.530. The number of thioether (sulfide) groups is 1. The molecule has 1 aromatic rings. The summed E-state index contributed by atoms with van der Waals surface area (Å²) in [4.78, 5) is 0.651. The molecule has 0 unspecified atom stereocenters. The number of hydrogen-bond acceptors (Lipinski definition) is 2. The second-order valence-electron chi connectivity index (χ2n) is 3.88. The maximum atomic E-state index is 13.9. The third-order valence-electron chi connectivity index (χ3n) is 2.76. The van der Waals surface area contributed by atoms with Crippen molar-refractivity contribution in [2.45, 2.75) is 35.8 Å². The first-order chi connectivity index (χ1) is 7.72. The molecular formula is C12H11BrFNS. The second-order valence-corrected chi connectivity index (χ2v) is 6.01. The van der Waals surface area contributed by atoms with E-state index in [1.807, 2.05) is 6.07 Å². The van der Waals surface area contributed by atoms with Gasteiger partial charge in [0.15, 0.2) is 5.82 Å². The van der Waals surface area contributed by atoms with Crippen LogP contribution in [0, 0.1) is 17.1 Å². The Bertz CT molecular complexity index is 435. The topological polar surface area (TPSA) is 23.8 Å². The fraction of sp³-hybridized carbons (Fsp3) is 0.417. The van der Waals surface area contributed by atoms with Crippen molar-refractivity contribution >= 4 is 27.7 Å². The van der Waals surface area contributed by atoms with Crippen molar-refractivity contribution in [3.63, 3.8) is 0 Å². The number of benzene rings is 1. The van der Waals surface area contributed by atoms with Crippen LogP contribution in [0.4, 0.5) is 4.39 Å². The van der Waals surface area contributed by atoms with Gasteiger partial charge < -0.3 is 0 Å². The third-order valence-corrected chi connectivity index (χ3v) is 4.91. The molecule has 0 aliphatic heterocycles. The molecule has 1 fully saturated rings. The highest BCUT2D eigenvalue weighted by molar-refractivity contribution is 9.10. The number of rotatable bonds is 2. The van der Waals surface area contributed by atoms with E-state index in [0.29, 0.717) is 15.7 Å². The first-order valence-corrected chi connectivity index (χ1v) is 6.94. The summed E-state index contributed by atoms with van der Waals surface area (Å²) in [6, 6.07) is 5.34. The Morgan fingerprint density at radius 2 is 2.06 bits per heavy atom. The molecule has 1 aliphatic carbocycles. The molecule has 1 saturated carbocycles. The summed E-state index contributed by atoms with van der Waals surface area (Å²) in [6.45, 7) is 0. The average molecular weight is 300 g/mol. The minimum Gasteiger partial charge on any atom is -0.204 e. The van der Waals surface area contributed by atoms with Crippen LogP contribution in [-0.2, 0) is 0 Å².